The first-order chi connectivity index (χ1) is 6.33. The van der Waals surface area contributed by atoms with Crippen LogP contribution in [0.5, 0.6) is 0 Å². The summed E-state index contributed by atoms with van der Waals surface area (Å²) in [6, 6.07) is 7.86. The third-order valence-electron chi connectivity index (χ3n) is 2.17. The van der Waals surface area contributed by atoms with Gasteiger partial charge in [0.2, 0.25) is 0 Å². The Bertz CT molecular complexity index is 476. The molecule has 0 N–H and O–H groups in total. The molecule has 0 saturated heterocycles. The molecule has 1 aromatic carbocycles. The average Bonchev–Trinajstić information content (AvgIpc) is 2.46. The van der Waals surface area contributed by atoms with Gasteiger partial charge in [0.05, 0.1) is 0 Å². The Kier molecular flexibility index (Phi) is 1.79. The number of rotatable bonds is 1. The fraction of sp³-hybridized carbons (Fsp3) is 0.182. The van der Waals surface area contributed by atoms with Crippen molar-refractivity contribution in [2.24, 2.45) is 0 Å². The van der Waals surface area contributed by atoms with Gasteiger partial charge in [-0.05, 0) is 13.0 Å². The zero-order chi connectivity index (χ0) is 9.26. The van der Waals surface area contributed by atoms with Crippen LogP contribution >= 0.6 is 0 Å². The molecular weight excluding hydrogens is 162 g/mol. The minimum atomic E-state index is 0.334. The van der Waals surface area contributed by atoms with E-state index in [1.807, 2.05) is 31.2 Å². The zero-order valence-electron chi connectivity index (χ0n) is 7.37. The van der Waals surface area contributed by atoms with Crippen LogP contribution in [0.25, 0.3) is 15.8 Å². The Morgan fingerprint density at radius 2 is 2.15 bits per heavy atom. The van der Waals surface area contributed by atoms with Crippen LogP contribution in [-0.4, -0.2) is 0 Å². The van der Waals surface area contributed by atoms with Crippen LogP contribution in [0.1, 0.15) is 11.3 Å². The molecule has 0 aliphatic rings. The van der Waals surface area contributed by atoms with Crippen molar-refractivity contribution in [1.82, 2.24) is 0 Å². The van der Waals surface area contributed by atoms with Crippen molar-refractivity contribution in [3.63, 3.8) is 0 Å². The van der Waals surface area contributed by atoms with E-state index in [2.05, 4.69) is 4.85 Å². The lowest BCUT2D eigenvalue weighted by Gasteiger charge is -1.85. The van der Waals surface area contributed by atoms with Crippen LogP contribution in [0.2, 0.25) is 0 Å². The molecule has 1 heterocycles. The number of furan rings is 1. The molecule has 2 heteroatoms. The summed E-state index contributed by atoms with van der Waals surface area (Å²) in [7, 11) is 0. The standard InChI is InChI=1S/C11H9NO/c1-8-9-5-3-4-6-10(9)13-11(8)7-12-2/h3-6H,7H2,1H3. The van der Waals surface area contributed by atoms with E-state index in [-0.39, 0.29) is 0 Å². The second-order valence-electron chi connectivity index (χ2n) is 2.96. The van der Waals surface area contributed by atoms with Gasteiger partial charge < -0.3 is 9.26 Å². The number of nitrogens with zero attached hydrogens (tertiary/aromatic N) is 1. The van der Waals surface area contributed by atoms with E-state index >= 15 is 0 Å². The fourth-order valence-electron chi connectivity index (χ4n) is 1.45. The van der Waals surface area contributed by atoms with Crippen LogP contribution in [0, 0.1) is 13.5 Å². The average molecular weight is 171 g/mol. The van der Waals surface area contributed by atoms with Crippen LogP contribution in [0.15, 0.2) is 28.7 Å². The molecule has 0 spiro atoms. The highest BCUT2D eigenvalue weighted by atomic mass is 16.3. The van der Waals surface area contributed by atoms with Gasteiger partial charge >= 0.3 is 0 Å². The molecule has 0 saturated carbocycles. The molecule has 0 atom stereocenters. The van der Waals surface area contributed by atoms with E-state index in [4.69, 9.17) is 11.0 Å². The normalized spacial score (nSPS) is 10.2. The molecule has 0 radical (unpaired) electrons. The number of hydrogen-bond donors (Lipinski definition) is 0. The molecule has 0 bridgehead atoms. The highest BCUT2D eigenvalue weighted by molar-refractivity contribution is 5.81. The van der Waals surface area contributed by atoms with E-state index in [0.29, 0.717) is 6.54 Å². The fourth-order valence-corrected chi connectivity index (χ4v) is 1.45. The number of para-hydroxylation sites is 1. The molecular formula is C11H9NO. The molecule has 2 nitrogen and oxygen atoms in total. The molecule has 0 fully saturated rings. The van der Waals surface area contributed by atoms with E-state index in [1.54, 1.807) is 0 Å². The lowest BCUT2D eigenvalue weighted by Crippen LogP contribution is -1.76. The van der Waals surface area contributed by atoms with Crippen LogP contribution in [0.3, 0.4) is 0 Å². The Morgan fingerprint density at radius 1 is 1.38 bits per heavy atom. The number of benzene rings is 1. The third kappa shape index (κ3) is 1.19. The molecule has 64 valence electrons. The summed E-state index contributed by atoms with van der Waals surface area (Å²) in [6.45, 7) is 9.10. The van der Waals surface area contributed by atoms with Crippen molar-refractivity contribution >= 4 is 11.0 Å². The lowest BCUT2D eigenvalue weighted by molar-refractivity contribution is 0.561. The lowest BCUT2D eigenvalue weighted by atomic mass is 10.1. The molecule has 0 unspecified atom stereocenters. The predicted molar refractivity (Wildman–Crippen MR) is 51.3 cm³/mol. The predicted octanol–water partition coefficient (Wildman–Crippen LogP) is 3.16. The summed E-state index contributed by atoms with van der Waals surface area (Å²) in [6.07, 6.45) is 0. The minimum Gasteiger partial charge on any atom is -0.453 e. The van der Waals surface area contributed by atoms with Gasteiger partial charge in [-0.2, -0.15) is 0 Å². The Morgan fingerprint density at radius 3 is 2.85 bits per heavy atom. The van der Waals surface area contributed by atoms with Crippen molar-refractivity contribution in [2.75, 3.05) is 0 Å². The monoisotopic (exact) mass is 171 g/mol. The summed E-state index contributed by atoms with van der Waals surface area (Å²) < 4.78 is 5.53. The van der Waals surface area contributed by atoms with Gasteiger partial charge in [0.25, 0.3) is 6.54 Å². The third-order valence-corrected chi connectivity index (χ3v) is 2.17. The highest BCUT2D eigenvalue weighted by Gasteiger charge is 2.10. The maximum absolute atomic E-state index is 6.78. The van der Waals surface area contributed by atoms with Crippen molar-refractivity contribution in [3.8, 4) is 0 Å². The second kappa shape index (κ2) is 2.95. The van der Waals surface area contributed by atoms with E-state index in [1.165, 1.54) is 0 Å². The van der Waals surface area contributed by atoms with Crippen molar-refractivity contribution in [3.05, 3.63) is 47.0 Å². The minimum absolute atomic E-state index is 0.334. The van der Waals surface area contributed by atoms with Gasteiger partial charge in [-0.3, -0.25) is 0 Å². The Labute approximate surface area is 76.6 Å². The first-order valence-corrected chi connectivity index (χ1v) is 4.13. The van der Waals surface area contributed by atoms with E-state index in [0.717, 1.165) is 22.3 Å². The summed E-state index contributed by atoms with van der Waals surface area (Å²) in [4.78, 5) is 3.32. The van der Waals surface area contributed by atoms with Crippen molar-refractivity contribution < 1.29 is 4.42 Å². The van der Waals surface area contributed by atoms with Crippen LogP contribution in [-0.2, 0) is 6.54 Å². The van der Waals surface area contributed by atoms with Gasteiger partial charge in [0.1, 0.15) is 5.58 Å². The maximum atomic E-state index is 6.78. The van der Waals surface area contributed by atoms with Crippen LogP contribution in [0.4, 0.5) is 0 Å². The molecule has 2 rings (SSSR count). The van der Waals surface area contributed by atoms with E-state index in [9.17, 15) is 0 Å². The molecule has 13 heavy (non-hydrogen) atoms. The number of aryl methyl sites for hydroxylation is 1. The van der Waals surface area contributed by atoms with Gasteiger partial charge in [0, 0.05) is 10.9 Å². The topological polar surface area (TPSA) is 17.5 Å². The Hall–Kier alpha value is -1.75. The first-order valence-electron chi connectivity index (χ1n) is 4.13. The van der Waals surface area contributed by atoms with Crippen molar-refractivity contribution in [2.45, 2.75) is 13.5 Å². The van der Waals surface area contributed by atoms with Gasteiger partial charge in [0.15, 0.2) is 5.76 Å². The zero-order valence-corrected chi connectivity index (χ0v) is 7.37. The van der Waals surface area contributed by atoms with Gasteiger partial charge in [-0.25, -0.2) is 6.57 Å². The number of fused-ring (bicyclic) bond motifs is 1. The largest absolute Gasteiger partial charge is 0.453 e. The molecule has 1 aromatic heterocycles. The molecule has 0 amide bonds. The molecule has 0 aliphatic carbocycles. The first kappa shape index (κ1) is 7.88. The second-order valence-corrected chi connectivity index (χ2v) is 2.96. The summed E-state index contributed by atoms with van der Waals surface area (Å²) in [5.74, 6) is 0.788. The number of hydrogen-bond acceptors (Lipinski definition) is 1. The van der Waals surface area contributed by atoms with Gasteiger partial charge in [-0.1, -0.05) is 18.2 Å². The van der Waals surface area contributed by atoms with Crippen molar-refractivity contribution in [1.29, 1.82) is 0 Å². The van der Waals surface area contributed by atoms with Crippen LogP contribution < -0.4 is 0 Å². The Balaban J connectivity index is 2.68. The van der Waals surface area contributed by atoms with Gasteiger partial charge in [-0.15, -0.1) is 0 Å². The molecule has 2 aromatic rings. The maximum Gasteiger partial charge on any atom is 0.271 e. The quantitative estimate of drug-likeness (QED) is 0.602. The summed E-state index contributed by atoms with van der Waals surface area (Å²) in [5, 5.41) is 1.11. The smallest absolute Gasteiger partial charge is 0.271 e. The summed E-state index contributed by atoms with van der Waals surface area (Å²) >= 11 is 0. The molecule has 0 aliphatic heterocycles. The van der Waals surface area contributed by atoms with E-state index < -0.39 is 0 Å². The SMILES string of the molecule is [C-]#[N+]Cc1oc2ccccc2c1C. The highest BCUT2D eigenvalue weighted by Crippen LogP contribution is 2.25. The summed E-state index contributed by atoms with van der Waals surface area (Å²) in [5.41, 5.74) is 1.96.